The van der Waals surface area contributed by atoms with Crippen LogP contribution in [0, 0.1) is 5.82 Å². The maximum absolute atomic E-state index is 13.6. The fourth-order valence-corrected chi connectivity index (χ4v) is 3.84. The van der Waals surface area contributed by atoms with E-state index in [1.165, 1.54) is 22.8 Å². The molecule has 0 bridgehead atoms. The first-order valence-corrected chi connectivity index (χ1v) is 9.45. The standard InChI is InChI=1S/C22H16FN5O3/c23-16-7-4-14-11-28(19(29)17(14)10-16)12-22(20(30)26-21(31)27-22)15-5-2-13(3-6-15)18-24-8-1-9-25-18/h1-11,29H,12H2,(H2,26,27,30,31)/t22-/m1/s1. The Labute approximate surface area is 175 Å². The average Bonchev–Trinajstić information content (AvgIpc) is 3.24. The van der Waals surface area contributed by atoms with Crippen LogP contribution in [0.5, 0.6) is 5.88 Å². The number of aromatic hydroxyl groups is 1. The number of benzene rings is 2. The minimum absolute atomic E-state index is 0.0894. The lowest BCUT2D eigenvalue weighted by molar-refractivity contribution is -0.124. The molecular weight excluding hydrogens is 401 g/mol. The van der Waals surface area contributed by atoms with Gasteiger partial charge in [0.1, 0.15) is 5.82 Å². The summed E-state index contributed by atoms with van der Waals surface area (Å²) in [5.41, 5.74) is -0.203. The third kappa shape index (κ3) is 3.07. The van der Waals surface area contributed by atoms with E-state index in [0.717, 1.165) is 5.56 Å². The van der Waals surface area contributed by atoms with Crippen LogP contribution in [0.15, 0.2) is 67.1 Å². The van der Waals surface area contributed by atoms with Crippen molar-refractivity contribution >= 4 is 22.7 Å². The zero-order chi connectivity index (χ0) is 21.6. The molecule has 1 fully saturated rings. The molecule has 1 aliphatic rings. The molecule has 0 saturated carbocycles. The monoisotopic (exact) mass is 417 g/mol. The SMILES string of the molecule is O=C1NC(=O)[C@@](Cn2cc3ccc(F)cc3c2O)(c2ccc(-c3ncccn3)cc2)N1. The highest BCUT2D eigenvalue weighted by Gasteiger charge is 2.48. The summed E-state index contributed by atoms with van der Waals surface area (Å²) in [5, 5.41) is 16.5. The van der Waals surface area contributed by atoms with Crippen LogP contribution in [0.4, 0.5) is 9.18 Å². The Bertz CT molecular complexity index is 1320. The molecule has 2 aromatic carbocycles. The van der Waals surface area contributed by atoms with E-state index in [1.54, 1.807) is 48.9 Å². The van der Waals surface area contributed by atoms with Gasteiger partial charge in [-0.1, -0.05) is 24.3 Å². The first-order valence-electron chi connectivity index (χ1n) is 9.45. The van der Waals surface area contributed by atoms with E-state index in [-0.39, 0.29) is 12.4 Å². The molecule has 0 unspecified atom stereocenters. The van der Waals surface area contributed by atoms with Gasteiger partial charge in [-0.2, -0.15) is 0 Å². The number of carbonyl (C=O) groups is 2. The molecule has 0 aliphatic carbocycles. The van der Waals surface area contributed by atoms with Crippen molar-refractivity contribution in [3.8, 4) is 17.3 Å². The Balaban J connectivity index is 1.57. The van der Waals surface area contributed by atoms with Crippen molar-refractivity contribution < 1.29 is 19.1 Å². The molecule has 3 amide bonds. The molecule has 3 heterocycles. The second-order valence-corrected chi connectivity index (χ2v) is 7.28. The van der Waals surface area contributed by atoms with Gasteiger partial charge in [0.2, 0.25) is 0 Å². The summed E-state index contributed by atoms with van der Waals surface area (Å²) in [6.45, 7) is -0.0894. The van der Waals surface area contributed by atoms with E-state index in [2.05, 4.69) is 20.6 Å². The van der Waals surface area contributed by atoms with Gasteiger partial charge in [-0.15, -0.1) is 0 Å². The van der Waals surface area contributed by atoms with Gasteiger partial charge in [0, 0.05) is 34.9 Å². The lowest BCUT2D eigenvalue weighted by Gasteiger charge is -2.27. The highest BCUT2D eigenvalue weighted by Crippen LogP contribution is 2.34. The number of amides is 3. The number of urea groups is 1. The first-order chi connectivity index (χ1) is 15.0. The summed E-state index contributed by atoms with van der Waals surface area (Å²) in [5.74, 6) is -0.707. The van der Waals surface area contributed by atoms with E-state index < -0.39 is 23.3 Å². The number of hydrogen-bond acceptors (Lipinski definition) is 5. The number of halogens is 1. The Morgan fingerprint density at radius 2 is 1.81 bits per heavy atom. The van der Waals surface area contributed by atoms with Crippen LogP contribution in [0.1, 0.15) is 5.56 Å². The van der Waals surface area contributed by atoms with E-state index in [9.17, 15) is 19.1 Å². The lowest BCUT2D eigenvalue weighted by Crippen LogP contribution is -2.47. The minimum atomic E-state index is -1.46. The molecule has 1 saturated heterocycles. The second kappa shape index (κ2) is 6.91. The zero-order valence-corrected chi connectivity index (χ0v) is 16.0. The Morgan fingerprint density at radius 1 is 1.06 bits per heavy atom. The number of fused-ring (bicyclic) bond motifs is 1. The summed E-state index contributed by atoms with van der Waals surface area (Å²) in [4.78, 5) is 33.3. The van der Waals surface area contributed by atoms with Gasteiger partial charge in [-0.3, -0.25) is 10.1 Å². The molecule has 2 aromatic heterocycles. The largest absolute Gasteiger partial charge is 0.494 e. The number of imide groups is 1. The van der Waals surface area contributed by atoms with Gasteiger partial charge >= 0.3 is 6.03 Å². The molecule has 1 aliphatic heterocycles. The van der Waals surface area contributed by atoms with Crippen molar-refractivity contribution in [2.45, 2.75) is 12.1 Å². The molecule has 154 valence electrons. The summed E-state index contributed by atoms with van der Waals surface area (Å²) in [6.07, 6.45) is 4.87. The number of hydrogen-bond donors (Lipinski definition) is 3. The fraction of sp³-hybridized carbons (Fsp3) is 0.0909. The molecular formula is C22H16FN5O3. The molecule has 4 aromatic rings. The quantitative estimate of drug-likeness (QED) is 0.443. The van der Waals surface area contributed by atoms with Gasteiger partial charge in [-0.05, 0) is 29.8 Å². The predicted octanol–water partition coefficient (Wildman–Crippen LogP) is 2.68. The van der Waals surface area contributed by atoms with Crippen LogP contribution in [-0.4, -0.2) is 31.6 Å². The fourth-order valence-electron chi connectivity index (χ4n) is 3.84. The number of nitrogens with one attached hydrogen (secondary N) is 2. The molecule has 0 spiro atoms. The molecule has 31 heavy (non-hydrogen) atoms. The average molecular weight is 417 g/mol. The third-order valence-corrected chi connectivity index (χ3v) is 5.37. The second-order valence-electron chi connectivity index (χ2n) is 7.28. The van der Waals surface area contributed by atoms with Crippen LogP contribution >= 0.6 is 0 Å². The summed E-state index contributed by atoms with van der Waals surface area (Å²) >= 11 is 0. The van der Waals surface area contributed by atoms with Gasteiger partial charge in [0.05, 0.1) is 6.54 Å². The van der Waals surface area contributed by atoms with Crippen LogP contribution < -0.4 is 10.6 Å². The Kier molecular flexibility index (Phi) is 4.18. The number of carbonyl (C=O) groups excluding carboxylic acids is 2. The number of aromatic nitrogens is 3. The number of rotatable bonds is 4. The molecule has 5 rings (SSSR count). The van der Waals surface area contributed by atoms with E-state index in [0.29, 0.717) is 22.2 Å². The van der Waals surface area contributed by atoms with Crippen molar-refractivity contribution in [2.75, 3.05) is 0 Å². The maximum atomic E-state index is 13.6. The van der Waals surface area contributed by atoms with Gasteiger partial charge in [0.15, 0.2) is 17.2 Å². The van der Waals surface area contributed by atoms with Gasteiger partial charge < -0.3 is 15.0 Å². The van der Waals surface area contributed by atoms with E-state index in [4.69, 9.17) is 0 Å². The Hall–Kier alpha value is -4.27. The summed E-state index contributed by atoms with van der Waals surface area (Å²) in [7, 11) is 0. The smallest absolute Gasteiger partial charge is 0.322 e. The van der Waals surface area contributed by atoms with Crippen LogP contribution in [0.2, 0.25) is 0 Å². The highest BCUT2D eigenvalue weighted by atomic mass is 19.1. The van der Waals surface area contributed by atoms with Crippen molar-refractivity contribution in [3.05, 3.63) is 78.5 Å². The van der Waals surface area contributed by atoms with E-state index in [1.807, 2.05) is 0 Å². The summed E-state index contributed by atoms with van der Waals surface area (Å²) in [6, 6.07) is 12.0. The van der Waals surface area contributed by atoms with Crippen molar-refractivity contribution in [2.24, 2.45) is 0 Å². The maximum Gasteiger partial charge on any atom is 0.322 e. The van der Waals surface area contributed by atoms with Gasteiger partial charge in [-0.25, -0.2) is 19.2 Å². The summed E-state index contributed by atoms with van der Waals surface area (Å²) < 4.78 is 15.0. The molecule has 9 heteroatoms. The van der Waals surface area contributed by atoms with E-state index >= 15 is 0 Å². The van der Waals surface area contributed by atoms with Crippen LogP contribution in [-0.2, 0) is 16.9 Å². The van der Waals surface area contributed by atoms with Crippen LogP contribution in [0.25, 0.3) is 22.2 Å². The lowest BCUT2D eigenvalue weighted by atomic mass is 9.89. The normalized spacial score (nSPS) is 18.2. The minimum Gasteiger partial charge on any atom is -0.494 e. The molecule has 3 N–H and O–H groups in total. The predicted molar refractivity (Wildman–Crippen MR) is 109 cm³/mol. The van der Waals surface area contributed by atoms with Gasteiger partial charge in [0.25, 0.3) is 5.91 Å². The van der Waals surface area contributed by atoms with Crippen molar-refractivity contribution in [1.29, 1.82) is 0 Å². The van der Waals surface area contributed by atoms with Crippen molar-refractivity contribution in [3.63, 3.8) is 0 Å². The Morgan fingerprint density at radius 3 is 2.48 bits per heavy atom. The molecule has 8 nitrogen and oxygen atoms in total. The van der Waals surface area contributed by atoms with Crippen molar-refractivity contribution in [1.82, 2.24) is 25.2 Å². The molecule has 1 atom stereocenters. The zero-order valence-electron chi connectivity index (χ0n) is 16.0. The first kappa shape index (κ1) is 18.7. The number of nitrogens with zero attached hydrogens (tertiary/aromatic N) is 3. The topological polar surface area (TPSA) is 109 Å². The van der Waals surface area contributed by atoms with Crippen LogP contribution in [0.3, 0.4) is 0 Å². The highest BCUT2D eigenvalue weighted by molar-refractivity contribution is 6.07. The molecule has 0 radical (unpaired) electrons. The third-order valence-electron chi connectivity index (χ3n) is 5.37.